The average Bonchev–Trinajstić information content (AvgIpc) is 2.84. The number of piperidine rings is 1. The molecule has 0 atom stereocenters. The van der Waals surface area contributed by atoms with Crippen LogP contribution in [0.2, 0.25) is 0 Å². The Hall–Kier alpha value is -3.81. The summed E-state index contributed by atoms with van der Waals surface area (Å²) >= 11 is 0. The first kappa shape index (κ1) is 24.3. The van der Waals surface area contributed by atoms with Gasteiger partial charge in [-0.15, -0.1) is 0 Å². The minimum absolute atomic E-state index is 0.0442. The lowest BCUT2D eigenvalue weighted by atomic mass is 10.0. The average molecular weight is 477 g/mol. The van der Waals surface area contributed by atoms with Crippen LogP contribution in [0.1, 0.15) is 54.3 Å². The van der Waals surface area contributed by atoms with Crippen molar-refractivity contribution in [1.82, 2.24) is 15.3 Å². The largest absolute Gasteiger partial charge is 0.456 e. The number of aromatic nitrogens is 2. The number of halogens is 1. The van der Waals surface area contributed by atoms with Crippen molar-refractivity contribution in [3.8, 4) is 11.3 Å². The lowest BCUT2D eigenvalue weighted by molar-refractivity contribution is 0.00690. The summed E-state index contributed by atoms with van der Waals surface area (Å²) in [5, 5.41) is 3.07. The molecule has 0 aliphatic carbocycles. The number of carbonyl (C=O) groups is 2. The molecule has 1 aliphatic rings. The first-order valence-electron chi connectivity index (χ1n) is 11.7. The molecular weight excluding hydrogens is 447 g/mol. The van der Waals surface area contributed by atoms with E-state index in [0.717, 1.165) is 31.7 Å². The monoisotopic (exact) mass is 476 g/mol. The maximum absolute atomic E-state index is 13.4. The summed E-state index contributed by atoms with van der Waals surface area (Å²) in [6, 6.07) is 13.2. The number of rotatable bonds is 5. The van der Waals surface area contributed by atoms with Gasteiger partial charge in [0.15, 0.2) is 0 Å². The van der Waals surface area contributed by atoms with Crippen molar-refractivity contribution >= 4 is 17.7 Å². The van der Waals surface area contributed by atoms with Crippen LogP contribution in [0.5, 0.6) is 0 Å². The van der Waals surface area contributed by atoms with Gasteiger partial charge in [-0.05, 0) is 70.0 Å². The maximum atomic E-state index is 13.4. The summed E-state index contributed by atoms with van der Waals surface area (Å²) in [6.07, 6.45) is 4.60. The lowest BCUT2D eigenvalue weighted by Crippen LogP contribution is -2.45. The first-order valence-corrected chi connectivity index (χ1v) is 11.7. The zero-order chi connectivity index (χ0) is 25.0. The molecule has 0 unspecified atom stereocenters. The van der Waals surface area contributed by atoms with Crippen LogP contribution in [0.3, 0.4) is 0 Å². The molecule has 1 saturated heterocycles. The molecule has 3 aromatic rings. The third-order valence-corrected chi connectivity index (χ3v) is 5.68. The third kappa shape index (κ3) is 6.41. The number of hydrogen-bond donors (Lipinski definition) is 1. The zero-order valence-electron chi connectivity index (χ0n) is 20.1. The fourth-order valence-corrected chi connectivity index (χ4v) is 3.90. The molecule has 1 aliphatic heterocycles. The van der Waals surface area contributed by atoms with Crippen molar-refractivity contribution in [3.63, 3.8) is 0 Å². The van der Waals surface area contributed by atoms with Crippen molar-refractivity contribution < 1.29 is 18.7 Å². The summed E-state index contributed by atoms with van der Waals surface area (Å²) < 4.78 is 18.8. The molecule has 1 aromatic carbocycles. The van der Waals surface area contributed by atoms with E-state index < -0.39 is 11.6 Å². The van der Waals surface area contributed by atoms with Gasteiger partial charge in [0.25, 0.3) is 5.91 Å². The van der Waals surface area contributed by atoms with E-state index in [2.05, 4.69) is 20.2 Å². The van der Waals surface area contributed by atoms with Gasteiger partial charge in [0.05, 0.1) is 16.8 Å². The molecule has 3 heterocycles. The Morgan fingerprint density at radius 3 is 2.31 bits per heavy atom. The Morgan fingerprint density at radius 2 is 1.71 bits per heavy atom. The van der Waals surface area contributed by atoms with Crippen LogP contribution in [-0.2, 0) is 4.74 Å². The van der Waals surface area contributed by atoms with Crippen molar-refractivity contribution in [2.45, 2.75) is 45.3 Å². The molecule has 1 fully saturated rings. The van der Waals surface area contributed by atoms with E-state index >= 15 is 0 Å². The second-order valence-corrected chi connectivity index (χ2v) is 9.58. The van der Waals surface area contributed by atoms with E-state index in [1.807, 2.05) is 26.8 Å². The van der Waals surface area contributed by atoms with Crippen LogP contribution in [0.15, 0.2) is 60.9 Å². The molecule has 0 spiro atoms. The molecule has 0 saturated carbocycles. The maximum Gasteiger partial charge on any atom is 0.340 e. The standard InChI is InChI=1S/C27H29FN4O3/c1-27(2,3)35-26(34)20-8-10-24(30-17-20)32-13-11-22(12-14-32)31-25(33)19-7-9-23(29-16-19)18-5-4-6-21(28)15-18/h4-10,15-17,22H,11-14H2,1-3H3,(H,31,33). The molecule has 0 radical (unpaired) electrons. The SMILES string of the molecule is CC(C)(C)OC(=O)c1ccc(N2CCC(NC(=O)c3ccc(-c4cccc(F)c4)nc3)CC2)nc1. The molecule has 2 aromatic heterocycles. The van der Waals surface area contributed by atoms with Gasteiger partial charge in [0.2, 0.25) is 0 Å². The topological polar surface area (TPSA) is 84.4 Å². The summed E-state index contributed by atoms with van der Waals surface area (Å²) in [4.78, 5) is 35.8. The molecular formula is C27H29FN4O3. The quantitative estimate of drug-likeness (QED) is 0.540. The number of hydrogen-bond acceptors (Lipinski definition) is 6. The second kappa shape index (κ2) is 10.2. The number of nitrogens with zero attached hydrogens (tertiary/aromatic N) is 3. The van der Waals surface area contributed by atoms with Gasteiger partial charge in [0, 0.05) is 37.1 Å². The number of nitrogens with one attached hydrogen (secondary N) is 1. The smallest absolute Gasteiger partial charge is 0.340 e. The highest BCUT2D eigenvalue weighted by molar-refractivity contribution is 5.94. The number of anilines is 1. The fraction of sp³-hybridized carbons (Fsp3) is 0.333. The van der Waals surface area contributed by atoms with E-state index in [4.69, 9.17) is 4.74 Å². The number of benzene rings is 1. The van der Waals surface area contributed by atoms with Crippen molar-refractivity contribution in [3.05, 3.63) is 77.9 Å². The minimum Gasteiger partial charge on any atom is -0.456 e. The lowest BCUT2D eigenvalue weighted by Gasteiger charge is -2.33. The van der Waals surface area contributed by atoms with Gasteiger partial charge in [-0.3, -0.25) is 9.78 Å². The summed E-state index contributed by atoms with van der Waals surface area (Å²) in [5.41, 5.74) is 1.60. The summed E-state index contributed by atoms with van der Waals surface area (Å²) in [5.74, 6) is -0.108. The first-order chi connectivity index (χ1) is 16.7. The van der Waals surface area contributed by atoms with Crippen molar-refractivity contribution in [2.75, 3.05) is 18.0 Å². The summed E-state index contributed by atoms with van der Waals surface area (Å²) in [6.45, 7) is 6.96. The third-order valence-electron chi connectivity index (χ3n) is 5.68. The highest BCUT2D eigenvalue weighted by Crippen LogP contribution is 2.21. The van der Waals surface area contributed by atoms with Gasteiger partial charge in [-0.2, -0.15) is 0 Å². The van der Waals surface area contributed by atoms with Crippen molar-refractivity contribution in [1.29, 1.82) is 0 Å². The Morgan fingerprint density at radius 1 is 1.00 bits per heavy atom. The van der Waals surface area contributed by atoms with Crippen LogP contribution in [0.4, 0.5) is 10.2 Å². The predicted molar refractivity (Wildman–Crippen MR) is 132 cm³/mol. The Labute approximate surface area is 204 Å². The molecule has 182 valence electrons. The highest BCUT2D eigenvalue weighted by atomic mass is 19.1. The van der Waals surface area contributed by atoms with Gasteiger partial charge in [0.1, 0.15) is 17.2 Å². The van der Waals surface area contributed by atoms with Gasteiger partial charge in [-0.25, -0.2) is 14.2 Å². The van der Waals surface area contributed by atoms with Crippen LogP contribution >= 0.6 is 0 Å². The van der Waals surface area contributed by atoms with E-state index in [1.165, 1.54) is 24.5 Å². The Balaban J connectivity index is 1.29. The molecule has 35 heavy (non-hydrogen) atoms. The molecule has 7 nitrogen and oxygen atoms in total. The van der Waals surface area contributed by atoms with Crippen LogP contribution in [-0.4, -0.2) is 46.6 Å². The predicted octanol–water partition coefficient (Wildman–Crippen LogP) is 4.64. The van der Waals surface area contributed by atoms with Crippen LogP contribution in [0, 0.1) is 5.82 Å². The van der Waals surface area contributed by atoms with Crippen LogP contribution in [0.25, 0.3) is 11.3 Å². The number of amides is 1. The number of esters is 1. The van der Waals surface area contributed by atoms with E-state index in [0.29, 0.717) is 22.4 Å². The van der Waals surface area contributed by atoms with Crippen LogP contribution < -0.4 is 10.2 Å². The van der Waals surface area contributed by atoms with Gasteiger partial charge >= 0.3 is 5.97 Å². The normalized spacial score (nSPS) is 14.5. The molecule has 4 rings (SSSR count). The van der Waals surface area contributed by atoms with E-state index in [9.17, 15) is 14.0 Å². The Bertz CT molecular complexity index is 1180. The fourth-order valence-electron chi connectivity index (χ4n) is 3.90. The highest BCUT2D eigenvalue weighted by Gasteiger charge is 2.23. The summed E-state index contributed by atoms with van der Waals surface area (Å²) in [7, 11) is 0. The second-order valence-electron chi connectivity index (χ2n) is 9.58. The molecule has 0 bridgehead atoms. The Kier molecular flexibility index (Phi) is 7.10. The number of pyridine rings is 2. The van der Waals surface area contributed by atoms with E-state index in [1.54, 1.807) is 30.3 Å². The number of ether oxygens (including phenoxy) is 1. The minimum atomic E-state index is -0.554. The molecule has 8 heteroatoms. The molecule has 1 amide bonds. The van der Waals surface area contributed by atoms with E-state index in [-0.39, 0.29) is 17.8 Å². The van der Waals surface area contributed by atoms with Crippen molar-refractivity contribution in [2.24, 2.45) is 0 Å². The van der Waals surface area contributed by atoms with Gasteiger partial charge < -0.3 is 15.0 Å². The van der Waals surface area contributed by atoms with Gasteiger partial charge in [-0.1, -0.05) is 12.1 Å². The number of carbonyl (C=O) groups excluding carboxylic acids is 2. The zero-order valence-corrected chi connectivity index (χ0v) is 20.1. The molecule has 1 N–H and O–H groups in total.